The van der Waals surface area contributed by atoms with E-state index in [4.69, 9.17) is 9.47 Å². The van der Waals surface area contributed by atoms with Gasteiger partial charge < -0.3 is 14.8 Å². The first-order chi connectivity index (χ1) is 9.57. The first-order valence-electron chi connectivity index (χ1n) is 6.83. The lowest BCUT2D eigenvalue weighted by atomic mass is 10.1. The van der Waals surface area contributed by atoms with E-state index < -0.39 is 10.8 Å². The highest BCUT2D eigenvalue weighted by Gasteiger charge is 2.18. The predicted octanol–water partition coefficient (Wildman–Crippen LogP) is 2.51. The average Bonchev–Trinajstić information content (AvgIpc) is 2.50. The smallest absolute Gasteiger partial charge is 0.161 e. The minimum atomic E-state index is -0.846. The second kappa shape index (κ2) is 8.27. The van der Waals surface area contributed by atoms with E-state index in [0.29, 0.717) is 17.3 Å². The third-order valence-electron chi connectivity index (χ3n) is 3.51. The molecule has 0 aliphatic heterocycles. The van der Waals surface area contributed by atoms with Crippen molar-refractivity contribution in [2.45, 2.75) is 31.6 Å². The fraction of sp³-hybridized carbons (Fsp3) is 0.600. The van der Waals surface area contributed by atoms with Crippen molar-refractivity contribution < 1.29 is 13.7 Å². The fourth-order valence-electron chi connectivity index (χ4n) is 1.93. The summed E-state index contributed by atoms with van der Waals surface area (Å²) in [6, 6.07) is 5.85. The zero-order chi connectivity index (χ0) is 15.1. The number of hydrogen-bond donors (Lipinski definition) is 1. The van der Waals surface area contributed by atoms with E-state index in [1.54, 1.807) is 14.2 Å². The van der Waals surface area contributed by atoms with Crippen LogP contribution in [0.1, 0.15) is 31.9 Å². The van der Waals surface area contributed by atoms with Crippen molar-refractivity contribution in [1.82, 2.24) is 5.32 Å². The minimum Gasteiger partial charge on any atom is -0.493 e. The SMILES string of the molecule is CCC(C)S(=O)CC(NC)c1ccc(OC)c(OC)c1. The number of hydrogen-bond acceptors (Lipinski definition) is 4. The van der Waals surface area contributed by atoms with E-state index in [1.807, 2.05) is 32.2 Å². The van der Waals surface area contributed by atoms with Gasteiger partial charge in [-0.3, -0.25) is 4.21 Å². The van der Waals surface area contributed by atoms with Crippen LogP contribution in [0.5, 0.6) is 11.5 Å². The molecular weight excluding hydrogens is 274 g/mol. The second-order valence-electron chi connectivity index (χ2n) is 4.72. The Labute approximate surface area is 124 Å². The van der Waals surface area contributed by atoms with Gasteiger partial charge in [-0.05, 0) is 31.2 Å². The Morgan fingerprint density at radius 2 is 1.90 bits per heavy atom. The van der Waals surface area contributed by atoms with Gasteiger partial charge in [0.1, 0.15) is 0 Å². The molecule has 20 heavy (non-hydrogen) atoms. The van der Waals surface area contributed by atoms with Crippen LogP contribution < -0.4 is 14.8 Å². The monoisotopic (exact) mass is 299 g/mol. The maximum atomic E-state index is 12.2. The van der Waals surface area contributed by atoms with Crippen LogP contribution in [-0.2, 0) is 10.8 Å². The summed E-state index contributed by atoms with van der Waals surface area (Å²) in [4.78, 5) is 0. The Bertz CT molecular complexity index is 451. The Morgan fingerprint density at radius 1 is 1.25 bits per heavy atom. The van der Waals surface area contributed by atoms with Gasteiger partial charge in [0, 0.05) is 27.8 Å². The first-order valence-corrected chi connectivity index (χ1v) is 8.21. The number of methoxy groups -OCH3 is 2. The highest BCUT2D eigenvalue weighted by molar-refractivity contribution is 7.85. The topological polar surface area (TPSA) is 47.6 Å². The number of rotatable bonds is 8. The lowest BCUT2D eigenvalue weighted by Gasteiger charge is -2.20. The summed E-state index contributed by atoms with van der Waals surface area (Å²) in [5, 5.41) is 3.44. The van der Waals surface area contributed by atoms with Crippen molar-refractivity contribution >= 4 is 10.8 Å². The highest BCUT2D eigenvalue weighted by atomic mass is 32.2. The van der Waals surface area contributed by atoms with Crippen molar-refractivity contribution in [3.05, 3.63) is 23.8 Å². The van der Waals surface area contributed by atoms with Gasteiger partial charge >= 0.3 is 0 Å². The van der Waals surface area contributed by atoms with Crippen molar-refractivity contribution in [1.29, 1.82) is 0 Å². The van der Waals surface area contributed by atoms with Crippen LogP contribution in [0.2, 0.25) is 0 Å². The van der Waals surface area contributed by atoms with E-state index >= 15 is 0 Å². The molecule has 0 aromatic heterocycles. The molecule has 114 valence electrons. The Kier molecular flexibility index (Phi) is 7.02. The molecule has 0 spiro atoms. The van der Waals surface area contributed by atoms with Gasteiger partial charge in [0.2, 0.25) is 0 Å². The van der Waals surface area contributed by atoms with Crippen LogP contribution in [0.15, 0.2) is 18.2 Å². The van der Waals surface area contributed by atoms with Crippen LogP contribution in [0.25, 0.3) is 0 Å². The molecule has 1 aromatic carbocycles. The molecule has 0 amide bonds. The van der Waals surface area contributed by atoms with Crippen LogP contribution in [0.3, 0.4) is 0 Å². The molecule has 4 nitrogen and oxygen atoms in total. The van der Waals surface area contributed by atoms with Gasteiger partial charge in [0.15, 0.2) is 11.5 Å². The first kappa shape index (κ1) is 17.0. The maximum absolute atomic E-state index is 12.2. The molecular formula is C15H25NO3S. The summed E-state index contributed by atoms with van der Waals surface area (Å²) in [5.41, 5.74) is 1.06. The molecule has 1 N–H and O–H groups in total. The molecule has 1 aromatic rings. The predicted molar refractivity (Wildman–Crippen MR) is 84.1 cm³/mol. The van der Waals surface area contributed by atoms with Crippen molar-refractivity contribution in [3.63, 3.8) is 0 Å². The van der Waals surface area contributed by atoms with Gasteiger partial charge in [-0.15, -0.1) is 0 Å². The zero-order valence-corrected chi connectivity index (χ0v) is 13.8. The number of ether oxygens (including phenoxy) is 2. The van der Waals surface area contributed by atoms with Crippen LogP contribution in [0.4, 0.5) is 0 Å². The molecule has 0 radical (unpaired) electrons. The summed E-state index contributed by atoms with van der Waals surface area (Å²) in [6.07, 6.45) is 0.926. The standard InChI is InChI=1S/C15H25NO3S/c1-6-11(2)20(17)10-13(16-3)12-7-8-14(18-4)15(9-12)19-5/h7-9,11,13,16H,6,10H2,1-5H3. The number of nitrogens with one attached hydrogen (secondary N) is 1. The van der Waals surface area contributed by atoms with Crippen LogP contribution in [-0.4, -0.2) is 36.5 Å². The van der Waals surface area contributed by atoms with Gasteiger partial charge in [-0.1, -0.05) is 19.9 Å². The van der Waals surface area contributed by atoms with E-state index in [2.05, 4.69) is 12.2 Å². The fourth-order valence-corrected chi connectivity index (χ4v) is 3.32. The van der Waals surface area contributed by atoms with E-state index in [-0.39, 0.29) is 11.3 Å². The summed E-state index contributed by atoms with van der Waals surface area (Å²) >= 11 is 0. The largest absolute Gasteiger partial charge is 0.493 e. The number of benzene rings is 1. The zero-order valence-electron chi connectivity index (χ0n) is 12.9. The quantitative estimate of drug-likeness (QED) is 0.801. The summed E-state index contributed by atoms with van der Waals surface area (Å²) in [7, 11) is 4.27. The molecule has 0 fully saturated rings. The normalized spacial score (nSPS) is 15.4. The lowest BCUT2D eigenvalue weighted by molar-refractivity contribution is 0.354. The molecule has 0 saturated heterocycles. The summed E-state index contributed by atoms with van der Waals surface area (Å²) < 4.78 is 22.8. The Morgan fingerprint density at radius 3 is 2.40 bits per heavy atom. The lowest BCUT2D eigenvalue weighted by Crippen LogP contribution is -2.26. The summed E-state index contributed by atoms with van der Waals surface area (Å²) in [5.74, 6) is 2.00. The van der Waals surface area contributed by atoms with E-state index in [0.717, 1.165) is 12.0 Å². The molecule has 0 saturated carbocycles. The second-order valence-corrected chi connectivity index (χ2v) is 6.62. The van der Waals surface area contributed by atoms with Crippen molar-refractivity contribution in [3.8, 4) is 11.5 Å². The van der Waals surface area contributed by atoms with E-state index in [1.165, 1.54) is 0 Å². The van der Waals surface area contributed by atoms with Crippen molar-refractivity contribution in [2.75, 3.05) is 27.0 Å². The average molecular weight is 299 g/mol. The molecule has 1 rings (SSSR count). The van der Waals surface area contributed by atoms with Gasteiger partial charge in [-0.25, -0.2) is 0 Å². The Balaban J connectivity index is 2.92. The van der Waals surface area contributed by atoms with Crippen molar-refractivity contribution in [2.24, 2.45) is 0 Å². The summed E-state index contributed by atoms with van der Waals surface area (Å²) in [6.45, 7) is 4.09. The van der Waals surface area contributed by atoms with Gasteiger partial charge in [-0.2, -0.15) is 0 Å². The van der Waals surface area contributed by atoms with Crippen LogP contribution in [0, 0.1) is 0 Å². The minimum absolute atomic E-state index is 0.0460. The molecule has 3 atom stereocenters. The highest BCUT2D eigenvalue weighted by Crippen LogP contribution is 2.30. The third kappa shape index (κ3) is 4.21. The Hall–Kier alpha value is -1.07. The van der Waals surface area contributed by atoms with Crippen LogP contribution >= 0.6 is 0 Å². The molecule has 3 unspecified atom stereocenters. The van der Waals surface area contributed by atoms with E-state index in [9.17, 15) is 4.21 Å². The van der Waals surface area contributed by atoms with Gasteiger partial charge in [0.25, 0.3) is 0 Å². The third-order valence-corrected chi connectivity index (χ3v) is 5.41. The molecule has 5 heteroatoms. The molecule has 0 aliphatic carbocycles. The van der Waals surface area contributed by atoms with Gasteiger partial charge in [0.05, 0.1) is 14.2 Å². The molecule has 0 aliphatic rings. The molecule has 0 heterocycles. The molecule has 0 bridgehead atoms. The maximum Gasteiger partial charge on any atom is 0.161 e.